The van der Waals surface area contributed by atoms with Gasteiger partial charge in [-0.15, -0.1) is 0 Å². The van der Waals surface area contributed by atoms with Crippen molar-refractivity contribution in [3.63, 3.8) is 0 Å². The van der Waals surface area contributed by atoms with Gasteiger partial charge in [0, 0.05) is 32.6 Å². The predicted octanol–water partition coefficient (Wildman–Crippen LogP) is 1.21. The molecule has 0 bridgehead atoms. The van der Waals surface area contributed by atoms with E-state index in [1.54, 1.807) is 25.6 Å². The van der Waals surface area contributed by atoms with E-state index in [9.17, 15) is 4.79 Å². The number of amides is 1. The second-order valence-electron chi connectivity index (χ2n) is 6.24. The normalized spacial score (nSPS) is 19.4. The summed E-state index contributed by atoms with van der Waals surface area (Å²) in [6, 6.07) is 3.73. The van der Waals surface area contributed by atoms with Crippen LogP contribution in [0.4, 0.5) is 5.82 Å². The van der Waals surface area contributed by atoms with Gasteiger partial charge in [-0.05, 0) is 31.0 Å². The number of nitrogens with zero attached hydrogens (tertiary/aromatic N) is 4. The highest BCUT2D eigenvalue weighted by Crippen LogP contribution is 2.25. The van der Waals surface area contributed by atoms with Crippen LogP contribution in [0.15, 0.2) is 30.9 Å². The number of pyridine rings is 1. The molecule has 1 N–H and O–H groups in total. The summed E-state index contributed by atoms with van der Waals surface area (Å²) in [5, 5.41) is 2.96. The zero-order valence-corrected chi connectivity index (χ0v) is 15.2. The summed E-state index contributed by atoms with van der Waals surface area (Å²) in [5.41, 5.74) is 1.22. The van der Waals surface area contributed by atoms with Crippen molar-refractivity contribution < 1.29 is 14.3 Å². The first-order valence-electron chi connectivity index (χ1n) is 8.46. The van der Waals surface area contributed by atoms with E-state index in [1.807, 2.05) is 13.0 Å². The topological polar surface area (TPSA) is 89.5 Å². The highest BCUT2D eigenvalue weighted by Gasteiger charge is 2.33. The third-order valence-corrected chi connectivity index (χ3v) is 4.49. The third kappa shape index (κ3) is 3.91. The zero-order chi connectivity index (χ0) is 18.5. The lowest BCUT2D eigenvalue weighted by Crippen LogP contribution is -2.40. The lowest BCUT2D eigenvalue weighted by Gasteiger charge is -2.25. The molecule has 0 unspecified atom stereocenters. The van der Waals surface area contributed by atoms with Gasteiger partial charge >= 0.3 is 0 Å². The minimum atomic E-state index is -0.259. The highest BCUT2D eigenvalue weighted by molar-refractivity contribution is 5.95. The molecule has 1 amide bonds. The molecule has 1 fully saturated rings. The van der Waals surface area contributed by atoms with E-state index < -0.39 is 0 Å². The fourth-order valence-electron chi connectivity index (χ4n) is 3.13. The molecule has 3 rings (SSSR count). The minimum absolute atomic E-state index is 0.0789. The first-order valence-corrected chi connectivity index (χ1v) is 8.46. The Morgan fingerprint density at radius 2 is 2.23 bits per heavy atom. The molecule has 0 saturated carbocycles. The maximum Gasteiger partial charge on any atom is 0.273 e. The van der Waals surface area contributed by atoms with Gasteiger partial charge in [0.05, 0.1) is 19.3 Å². The van der Waals surface area contributed by atoms with Gasteiger partial charge in [-0.25, -0.2) is 15.0 Å². The van der Waals surface area contributed by atoms with Crippen LogP contribution in [0.3, 0.4) is 0 Å². The Hall–Kier alpha value is -2.74. The number of anilines is 1. The van der Waals surface area contributed by atoms with E-state index >= 15 is 0 Å². The van der Waals surface area contributed by atoms with Gasteiger partial charge in [-0.2, -0.15) is 0 Å². The van der Waals surface area contributed by atoms with E-state index in [-0.39, 0.29) is 23.7 Å². The van der Waals surface area contributed by atoms with Crippen LogP contribution in [-0.2, 0) is 4.74 Å². The summed E-state index contributed by atoms with van der Waals surface area (Å²) in [5.74, 6) is 1.03. The maximum atomic E-state index is 12.6. The summed E-state index contributed by atoms with van der Waals surface area (Å²) in [4.78, 5) is 27.2. The third-order valence-electron chi connectivity index (χ3n) is 4.49. The monoisotopic (exact) mass is 357 g/mol. The number of methoxy groups -OCH3 is 2. The molecule has 2 atom stereocenters. The molecule has 2 aromatic rings. The summed E-state index contributed by atoms with van der Waals surface area (Å²) in [6.45, 7) is 3.09. The van der Waals surface area contributed by atoms with Crippen LogP contribution < -0.4 is 15.0 Å². The Kier molecular flexibility index (Phi) is 5.62. The standard InChI is InChI=1S/C18H23N5O3/c1-12-6-15(26-3)17(20-8-12)18(24)21-9-13-7-14(25-2)10-23(13)16-4-5-19-11-22-16/h4-6,8,11,13-14H,7,9-10H2,1-3H3,(H,21,24)/t13-,14-/m1/s1. The molecule has 138 valence electrons. The number of aryl methyl sites for hydroxylation is 1. The molecule has 2 aromatic heterocycles. The molecule has 3 heterocycles. The number of rotatable bonds is 6. The van der Waals surface area contributed by atoms with Crippen molar-refractivity contribution >= 4 is 11.7 Å². The molecule has 0 spiro atoms. The number of carbonyl (C=O) groups excluding carboxylic acids is 1. The first-order chi connectivity index (χ1) is 12.6. The van der Waals surface area contributed by atoms with E-state index in [1.165, 1.54) is 13.4 Å². The molecule has 26 heavy (non-hydrogen) atoms. The summed E-state index contributed by atoms with van der Waals surface area (Å²) >= 11 is 0. The second-order valence-corrected chi connectivity index (χ2v) is 6.24. The fraction of sp³-hybridized carbons (Fsp3) is 0.444. The van der Waals surface area contributed by atoms with Gasteiger partial charge in [-0.1, -0.05) is 0 Å². The average molecular weight is 357 g/mol. The van der Waals surface area contributed by atoms with Gasteiger partial charge in [0.15, 0.2) is 5.69 Å². The van der Waals surface area contributed by atoms with Crippen LogP contribution in [0, 0.1) is 6.92 Å². The van der Waals surface area contributed by atoms with Crippen molar-refractivity contribution in [1.82, 2.24) is 20.3 Å². The molecule has 1 aliphatic heterocycles. The van der Waals surface area contributed by atoms with Crippen molar-refractivity contribution in [3.05, 3.63) is 42.1 Å². The maximum absolute atomic E-state index is 12.6. The van der Waals surface area contributed by atoms with Crippen molar-refractivity contribution in [1.29, 1.82) is 0 Å². The number of carbonyl (C=O) groups is 1. The van der Waals surface area contributed by atoms with E-state index in [4.69, 9.17) is 9.47 Å². The molecule has 0 radical (unpaired) electrons. The van der Waals surface area contributed by atoms with Gasteiger partial charge in [0.25, 0.3) is 5.91 Å². The lowest BCUT2D eigenvalue weighted by molar-refractivity contribution is 0.0938. The average Bonchev–Trinajstić information content (AvgIpc) is 3.10. The Bertz CT molecular complexity index is 756. The number of ether oxygens (including phenoxy) is 2. The van der Waals surface area contributed by atoms with Crippen molar-refractivity contribution in [2.75, 3.05) is 32.2 Å². The minimum Gasteiger partial charge on any atom is -0.494 e. The van der Waals surface area contributed by atoms with Crippen molar-refractivity contribution in [3.8, 4) is 5.75 Å². The van der Waals surface area contributed by atoms with Crippen LogP contribution in [0.2, 0.25) is 0 Å². The summed E-state index contributed by atoms with van der Waals surface area (Å²) < 4.78 is 10.8. The second kappa shape index (κ2) is 8.09. The highest BCUT2D eigenvalue weighted by atomic mass is 16.5. The molecule has 1 saturated heterocycles. The van der Waals surface area contributed by atoms with Crippen molar-refractivity contribution in [2.45, 2.75) is 25.5 Å². The predicted molar refractivity (Wildman–Crippen MR) is 96.4 cm³/mol. The Balaban J connectivity index is 1.70. The molecule has 8 nitrogen and oxygen atoms in total. The summed E-state index contributed by atoms with van der Waals surface area (Å²) in [6.07, 6.45) is 5.78. The lowest BCUT2D eigenvalue weighted by atomic mass is 10.2. The Labute approximate surface area is 152 Å². The van der Waals surface area contributed by atoms with Gasteiger partial charge in [0.1, 0.15) is 17.9 Å². The van der Waals surface area contributed by atoms with Gasteiger partial charge in [-0.3, -0.25) is 4.79 Å². The van der Waals surface area contributed by atoms with Crippen LogP contribution in [0.5, 0.6) is 5.75 Å². The van der Waals surface area contributed by atoms with Crippen LogP contribution in [0.25, 0.3) is 0 Å². The number of hydrogen-bond donors (Lipinski definition) is 1. The zero-order valence-electron chi connectivity index (χ0n) is 15.2. The fourth-order valence-corrected chi connectivity index (χ4v) is 3.13. The smallest absolute Gasteiger partial charge is 0.273 e. The Morgan fingerprint density at radius 3 is 2.92 bits per heavy atom. The van der Waals surface area contributed by atoms with Gasteiger partial charge < -0.3 is 19.7 Å². The van der Waals surface area contributed by atoms with Crippen LogP contribution in [-0.4, -0.2) is 60.3 Å². The van der Waals surface area contributed by atoms with Crippen LogP contribution >= 0.6 is 0 Å². The SMILES string of the molecule is COc1cc(C)cnc1C(=O)NC[C@H]1C[C@@H](OC)CN1c1ccncn1. The number of nitrogens with one attached hydrogen (secondary N) is 1. The van der Waals surface area contributed by atoms with Crippen molar-refractivity contribution in [2.24, 2.45) is 0 Å². The summed E-state index contributed by atoms with van der Waals surface area (Å²) in [7, 11) is 3.23. The molecule has 1 aliphatic rings. The van der Waals surface area contributed by atoms with E-state index in [2.05, 4.69) is 25.2 Å². The first kappa shape index (κ1) is 18.1. The molecular formula is C18H23N5O3. The van der Waals surface area contributed by atoms with E-state index in [0.717, 1.165) is 24.3 Å². The molecular weight excluding hydrogens is 334 g/mol. The largest absolute Gasteiger partial charge is 0.494 e. The number of aromatic nitrogens is 3. The Morgan fingerprint density at radius 1 is 1.38 bits per heavy atom. The molecule has 8 heteroatoms. The number of hydrogen-bond acceptors (Lipinski definition) is 7. The quantitative estimate of drug-likeness (QED) is 0.831. The van der Waals surface area contributed by atoms with E-state index in [0.29, 0.717) is 12.3 Å². The molecule has 0 aromatic carbocycles. The molecule has 0 aliphatic carbocycles. The van der Waals surface area contributed by atoms with Gasteiger partial charge in [0.2, 0.25) is 0 Å². The van der Waals surface area contributed by atoms with Crippen LogP contribution in [0.1, 0.15) is 22.5 Å².